The molecule has 0 aliphatic carbocycles. The van der Waals surface area contributed by atoms with E-state index in [2.05, 4.69) is 5.38 Å². The standard InChI is InChI=1S/C10H16N2O2S/c11-3-8(7-1-2-15-6-7)12-4-9(13)10(14)5-12/h1-2,6,8-10,13-14H,3-5,11H2. The van der Waals surface area contributed by atoms with Gasteiger partial charge in [-0.15, -0.1) is 0 Å². The summed E-state index contributed by atoms with van der Waals surface area (Å²) >= 11 is 1.64. The van der Waals surface area contributed by atoms with Crippen molar-refractivity contribution in [2.45, 2.75) is 18.2 Å². The number of rotatable bonds is 3. The van der Waals surface area contributed by atoms with Gasteiger partial charge in [-0.3, -0.25) is 4.90 Å². The third-order valence-electron chi connectivity index (χ3n) is 2.88. The highest BCUT2D eigenvalue weighted by molar-refractivity contribution is 7.07. The Bertz CT molecular complexity index is 294. The van der Waals surface area contributed by atoms with Crippen LogP contribution in [0, 0.1) is 0 Å². The molecule has 15 heavy (non-hydrogen) atoms. The van der Waals surface area contributed by atoms with Gasteiger partial charge in [0.25, 0.3) is 0 Å². The number of likely N-dealkylation sites (tertiary alicyclic amines) is 1. The van der Waals surface area contributed by atoms with Crippen LogP contribution in [-0.4, -0.2) is 47.0 Å². The summed E-state index contributed by atoms with van der Waals surface area (Å²) in [7, 11) is 0. The van der Waals surface area contributed by atoms with Gasteiger partial charge in [0.15, 0.2) is 0 Å². The van der Waals surface area contributed by atoms with Crippen molar-refractivity contribution < 1.29 is 10.2 Å². The summed E-state index contributed by atoms with van der Waals surface area (Å²) in [5.41, 5.74) is 6.90. The number of thiophene rings is 1. The second-order valence-corrected chi connectivity index (χ2v) is 4.68. The smallest absolute Gasteiger partial charge is 0.0938 e. The molecule has 1 aromatic rings. The lowest BCUT2D eigenvalue weighted by Crippen LogP contribution is -2.32. The predicted molar refractivity (Wildman–Crippen MR) is 59.7 cm³/mol. The van der Waals surface area contributed by atoms with Crippen LogP contribution in [0.4, 0.5) is 0 Å². The summed E-state index contributed by atoms with van der Waals surface area (Å²) in [5.74, 6) is 0. The van der Waals surface area contributed by atoms with Crippen LogP contribution in [0.25, 0.3) is 0 Å². The Hall–Kier alpha value is -0.460. The molecule has 1 fully saturated rings. The van der Waals surface area contributed by atoms with Crippen molar-refractivity contribution in [2.75, 3.05) is 19.6 Å². The van der Waals surface area contributed by atoms with Gasteiger partial charge >= 0.3 is 0 Å². The lowest BCUT2D eigenvalue weighted by molar-refractivity contribution is 0.0572. The SMILES string of the molecule is NCC(c1ccsc1)N1CC(O)C(O)C1. The molecule has 3 atom stereocenters. The summed E-state index contributed by atoms with van der Waals surface area (Å²) < 4.78 is 0. The third kappa shape index (κ3) is 2.21. The van der Waals surface area contributed by atoms with Gasteiger partial charge in [-0.2, -0.15) is 11.3 Å². The van der Waals surface area contributed by atoms with Gasteiger partial charge in [-0.05, 0) is 22.4 Å². The molecule has 0 radical (unpaired) electrons. The van der Waals surface area contributed by atoms with E-state index in [1.807, 2.05) is 16.3 Å². The Balaban J connectivity index is 2.08. The fourth-order valence-electron chi connectivity index (χ4n) is 2.01. The highest BCUT2D eigenvalue weighted by atomic mass is 32.1. The normalized spacial score (nSPS) is 29.5. The molecule has 1 aliphatic rings. The zero-order chi connectivity index (χ0) is 10.8. The minimum Gasteiger partial charge on any atom is -0.389 e. The van der Waals surface area contributed by atoms with E-state index in [1.54, 1.807) is 11.3 Å². The molecule has 1 aromatic heterocycles. The number of nitrogens with two attached hydrogens (primary N) is 1. The lowest BCUT2D eigenvalue weighted by atomic mass is 10.1. The molecule has 4 N–H and O–H groups in total. The Morgan fingerprint density at radius 2 is 2.13 bits per heavy atom. The van der Waals surface area contributed by atoms with E-state index in [9.17, 15) is 10.2 Å². The third-order valence-corrected chi connectivity index (χ3v) is 3.58. The predicted octanol–water partition coefficient (Wildman–Crippen LogP) is -0.215. The average Bonchev–Trinajstić information content (AvgIpc) is 2.80. The van der Waals surface area contributed by atoms with Crippen LogP contribution >= 0.6 is 11.3 Å². The van der Waals surface area contributed by atoms with Gasteiger partial charge in [0.05, 0.1) is 12.2 Å². The fourth-order valence-corrected chi connectivity index (χ4v) is 2.72. The maximum absolute atomic E-state index is 9.48. The molecule has 0 amide bonds. The van der Waals surface area contributed by atoms with Gasteiger partial charge in [0.1, 0.15) is 0 Å². The van der Waals surface area contributed by atoms with Crippen LogP contribution in [0.2, 0.25) is 0 Å². The molecule has 0 saturated carbocycles. The highest BCUT2D eigenvalue weighted by Gasteiger charge is 2.33. The Morgan fingerprint density at radius 1 is 1.47 bits per heavy atom. The second kappa shape index (κ2) is 4.59. The first-order valence-electron chi connectivity index (χ1n) is 5.04. The summed E-state index contributed by atoms with van der Waals surface area (Å²) in [4.78, 5) is 2.04. The van der Waals surface area contributed by atoms with E-state index in [4.69, 9.17) is 5.73 Å². The molecule has 0 aromatic carbocycles. The molecule has 1 aliphatic heterocycles. The summed E-state index contributed by atoms with van der Waals surface area (Å²) in [6, 6.07) is 2.15. The quantitative estimate of drug-likeness (QED) is 0.669. The molecule has 84 valence electrons. The van der Waals surface area contributed by atoms with Crippen molar-refractivity contribution in [1.29, 1.82) is 0 Å². The second-order valence-electron chi connectivity index (χ2n) is 3.90. The van der Waals surface area contributed by atoms with Crippen LogP contribution < -0.4 is 5.73 Å². The van der Waals surface area contributed by atoms with Gasteiger partial charge < -0.3 is 15.9 Å². The topological polar surface area (TPSA) is 69.7 Å². The Morgan fingerprint density at radius 3 is 2.60 bits per heavy atom. The number of hydrogen-bond acceptors (Lipinski definition) is 5. The maximum Gasteiger partial charge on any atom is 0.0938 e. The molecular formula is C10H16N2O2S. The summed E-state index contributed by atoms with van der Waals surface area (Å²) in [5, 5.41) is 23.0. The molecule has 3 unspecified atom stereocenters. The van der Waals surface area contributed by atoms with Crippen LogP contribution in [0.5, 0.6) is 0 Å². The largest absolute Gasteiger partial charge is 0.389 e. The van der Waals surface area contributed by atoms with Gasteiger partial charge in [-0.1, -0.05) is 0 Å². The zero-order valence-corrected chi connectivity index (χ0v) is 9.23. The number of nitrogens with zero attached hydrogens (tertiary/aromatic N) is 1. The van der Waals surface area contributed by atoms with E-state index < -0.39 is 12.2 Å². The minimum absolute atomic E-state index is 0.114. The number of β-amino-alcohol motifs (C(OH)–C–C–N with tert-alkyl or cyclic N) is 2. The monoisotopic (exact) mass is 228 g/mol. The molecular weight excluding hydrogens is 212 g/mol. The van der Waals surface area contributed by atoms with E-state index in [1.165, 1.54) is 5.56 Å². The molecule has 4 nitrogen and oxygen atoms in total. The van der Waals surface area contributed by atoms with Crippen molar-refractivity contribution in [3.8, 4) is 0 Å². The molecule has 5 heteroatoms. The van der Waals surface area contributed by atoms with Gasteiger partial charge in [0.2, 0.25) is 0 Å². The number of aliphatic hydroxyl groups excluding tert-OH is 2. The van der Waals surface area contributed by atoms with Crippen molar-refractivity contribution in [1.82, 2.24) is 4.90 Å². The summed E-state index contributed by atoms with van der Waals surface area (Å²) in [6.45, 7) is 1.51. The zero-order valence-electron chi connectivity index (χ0n) is 8.41. The van der Waals surface area contributed by atoms with Gasteiger partial charge in [0, 0.05) is 25.7 Å². The molecule has 0 spiro atoms. The van der Waals surface area contributed by atoms with E-state index >= 15 is 0 Å². The molecule has 2 heterocycles. The molecule has 0 bridgehead atoms. The van der Waals surface area contributed by atoms with E-state index in [-0.39, 0.29) is 6.04 Å². The van der Waals surface area contributed by atoms with E-state index in [0.717, 1.165) is 0 Å². The first-order valence-corrected chi connectivity index (χ1v) is 5.99. The first kappa shape index (κ1) is 11.0. The minimum atomic E-state index is -0.641. The van der Waals surface area contributed by atoms with Crippen LogP contribution in [-0.2, 0) is 0 Å². The van der Waals surface area contributed by atoms with Crippen molar-refractivity contribution in [3.63, 3.8) is 0 Å². The summed E-state index contributed by atoms with van der Waals surface area (Å²) in [6.07, 6.45) is -1.28. The van der Waals surface area contributed by atoms with Crippen LogP contribution in [0.15, 0.2) is 16.8 Å². The number of aliphatic hydroxyl groups is 2. The average molecular weight is 228 g/mol. The van der Waals surface area contributed by atoms with Crippen LogP contribution in [0.3, 0.4) is 0 Å². The van der Waals surface area contributed by atoms with E-state index in [0.29, 0.717) is 19.6 Å². The highest BCUT2D eigenvalue weighted by Crippen LogP contribution is 2.25. The van der Waals surface area contributed by atoms with Crippen molar-refractivity contribution in [3.05, 3.63) is 22.4 Å². The molecule has 1 saturated heterocycles. The Kier molecular flexibility index (Phi) is 3.38. The van der Waals surface area contributed by atoms with Crippen molar-refractivity contribution in [2.24, 2.45) is 5.73 Å². The van der Waals surface area contributed by atoms with Crippen molar-refractivity contribution >= 4 is 11.3 Å². The van der Waals surface area contributed by atoms with Gasteiger partial charge in [-0.25, -0.2) is 0 Å². The van der Waals surface area contributed by atoms with Crippen LogP contribution in [0.1, 0.15) is 11.6 Å². The lowest BCUT2D eigenvalue weighted by Gasteiger charge is -2.25. The Labute approximate surface area is 92.9 Å². The maximum atomic E-state index is 9.48. The first-order chi connectivity index (χ1) is 7.22. The molecule has 2 rings (SSSR count). The fraction of sp³-hybridized carbons (Fsp3) is 0.600. The number of hydrogen-bond donors (Lipinski definition) is 3.